The molecule has 2 rings (SSSR count). The van der Waals surface area contributed by atoms with Crippen molar-refractivity contribution in [3.05, 3.63) is 48.0 Å². The Morgan fingerprint density at radius 1 is 1.23 bits per heavy atom. The van der Waals surface area contributed by atoms with Gasteiger partial charge in [-0.15, -0.1) is 0 Å². The second kappa shape index (κ2) is 8.13. The summed E-state index contributed by atoms with van der Waals surface area (Å²) in [5.41, 5.74) is 0.805. The molecule has 0 bridgehead atoms. The predicted octanol–water partition coefficient (Wildman–Crippen LogP) is 2.46. The summed E-state index contributed by atoms with van der Waals surface area (Å²) in [5, 5.41) is 2.81. The lowest BCUT2D eigenvalue weighted by Crippen LogP contribution is -2.27. The number of carbonyl (C=O) groups is 1. The zero-order valence-corrected chi connectivity index (χ0v) is 13.5. The van der Waals surface area contributed by atoms with Crippen molar-refractivity contribution in [3.8, 4) is 0 Å². The van der Waals surface area contributed by atoms with Gasteiger partial charge in [-0.05, 0) is 30.7 Å². The van der Waals surface area contributed by atoms with Gasteiger partial charge in [0.2, 0.25) is 5.91 Å². The highest BCUT2D eigenvalue weighted by Crippen LogP contribution is 2.19. The molecular weight excluding hydrogens is 298 g/mol. The molecule has 0 aliphatic heterocycles. The van der Waals surface area contributed by atoms with Crippen LogP contribution in [-0.2, 0) is 20.4 Å². The third-order valence-electron chi connectivity index (χ3n) is 3.74. The lowest BCUT2D eigenvalue weighted by molar-refractivity contribution is -0.121. The Morgan fingerprint density at radius 3 is 2.68 bits per heavy atom. The Labute approximate surface area is 132 Å². The highest BCUT2D eigenvalue weighted by Gasteiger charge is 2.14. The number of hydrogen-bond donors (Lipinski definition) is 1. The first-order valence-electron chi connectivity index (χ1n) is 7.73. The molecule has 1 atom stereocenters. The van der Waals surface area contributed by atoms with E-state index < -0.39 is 9.84 Å². The maximum atomic E-state index is 12.0. The molecule has 5 heteroatoms. The van der Waals surface area contributed by atoms with Crippen molar-refractivity contribution in [2.75, 3.05) is 12.3 Å². The van der Waals surface area contributed by atoms with Crippen molar-refractivity contribution >= 4 is 15.7 Å². The van der Waals surface area contributed by atoms with Gasteiger partial charge in [0.15, 0.2) is 9.84 Å². The second-order valence-electron chi connectivity index (χ2n) is 5.75. The van der Waals surface area contributed by atoms with Gasteiger partial charge in [0.1, 0.15) is 0 Å². The van der Waals surface area contributed by atoms with Gasteiger partial charge in [-0.3, -0.25) is 4.79 Å². The van der Waals surface area contributed by atoms with E-state index in [4.69, 9.17) is 0 Å². The van der Waals surface area contributed by atoms with Crippen LogP contribution in [0.1, 0.15) is 31.2 Å². The average Bonchev–Trinajstić information content (AvgIpc) is 2.97. The molecule has 0 heterocycles. The van der Waals surface area contributed by atoms with Crippen molar-refractivity contribution < 1.29 is 13.2 Å². The molecule has 0 fully saturated rings. The SMILES string of the molecule is O=C(CC1C=CCC1)NCCCS(=O)(=O)Cc1ccccc1. The molecule has 4 nitrogen and oxygen atoms in total. The first-order valence-corrected chi connectivity index (χ1v) is 9.55. The molecule has 1 aliphatic rings. The fourth-order valence-electron chi connectivity index (χ4n) is 2.60. The van der Waals surface area contributed by atoms with Crippen molar-refractivity contribution in [2.24, 2.45) is 5.92 Å². The van der Waals surface area contributed by atoms with Crippen LogP contribution in [0.3, 0.4) is 0 Å². The van der Waals surface area contributed by atoms with E-state index in [-0.39, 0.29) is 17.4 Å². The number of benzene rings is 1. The van der Waals surface area contributed by atoms with Crippen LogP contribution in [0, 0.1) is 5.92 Å². The third-order valence-corrected chi connectivity index (χ3v) is 5.43. The summed E-state index contributed by atoms with van der Waals surface area (Å²) in [5.74, 6) is 0.527. The summed E-state index contributed by atoms with van der Waals surface area (Å²) in [4.78, 5) is 11.7. The summed E-state index contributed by atoms with van der Waals surface area (Å²) in [6.45, 7) is 0.420. The largest absolute Gasteiger partial charge is 0.356 e. The molecule has 1 aliphatic carbocycles. The standard InChI is InChI=1S/C17H23NO3S/c19-17(13-15-7-4-5-8-15)18-11-6-12-22(20,21)14-16-9-2-1-3-10-16/h1-4,7,9-10,15H,5-6,8,11-14H2,(H,18,19). The summed E-state index contributed by atoms with van der Waals surface area (Å²) < 4.78 is 24.0. The maximum Gasteiger partial charge on any atom is 0.220 e. The van der Waals surface area contributed by atoms with Gasteiger partial charge in [-0.2, -0.15) is 0 Å². The van der Waals surface area contributed by atoms with Crippen LogP contribution >= 0.6 is 0 Å². The van der Waals surface area contributed by atoms with Crippen molar-refractivity contribution in [2.45, 2.75) is 31.4 Å². The number of carbonyl (C=O) groups excluding carboxylic acids is 1. The minimum Gasteiger partial charge on any atom is -0.356 e. The quantitative estimate of drug-likeness (QED) is 0.591. The minimum atomic E-state index is -3.12. The van der Waals surface area contributed by atoms with E-state index in [0.717, 1.165) is 18.4 Å². The molecule has 0 aromatic heterocycles. The number of amides is 1. The van der Waals surface area contributed by atoms with Gasteiger partial charge < -0.3 is 5.32 Å². The predicted molar refractivity (Wildman–Crippen MR) is 88.0 cm³/mol. The number of hydrogen-bond acceptors (Lipinski definition) is 3. The lowest BCUT2D eigenvalue weighted by atomic mass is 10.1. The third kappa shape index (κ3) is 6.02. The van der Waals surface area contributed by atoms with Gasteiger partial charge >= 0.3 is 0 Å². The highest BCUT2D eigenvalue weighted by atomic mass is 32.2. The zero-order valence-electron chi connectivity index (χ0n) is 12.7. The molecule has 0 radical (unpaired) electrons. The summed E-state index contributed by atoms with van der Waals surface area (Å²) in [6, 6.07) is 9.17. The summed E-state index contributed by atoms with van der Waals surface area (Å²) >= 11 is 0. The van der Waals surface area contributed by atoms with Crippen LogP contribution in [-0.4, -0.2) is 26.6 Å². The Hall–Kier alpha value is -1.62. The summed E-state index contributed by atoms with van der Waals surface area (Å²) in [7, 11) is -3.12. The first kappa shape index (κ1) is 16.7. The van der Waals surface area contributed by atoms with E-state index in [9.17, 15) is 13.2 Å². The Balaban J connectivity index is 1.65. The van der Waals surface area contributed by atoms with Gasteiger partial charge in [0, 0.05) is 13.0 Å². The van der Waals surface area contributed by atoms with Gasteiger partial charge in [-0.25, -0.2) is 8.42 Å². The topological polar surface area (TPSA) is 63.2 Å². The number of nitrogens with one attached hydrogen (secondary N) is 1. The van der Waals surface area contributed by atoms with Gasteiger partial charge in [0.25, 0.3) is 0 Å². The lowest BCUT2D eigenvalue weighted by Gasteiger charge is -2.09. The van der Waals surface area contributed by atoms with E-state index in [1.807, 2.05) is 30.3 Å². The molecule has 0 spiro atoms. The van der Waals surface area contributed by atoms with Crippen molar-refractivity contribution in [1.29, 1.82) is 0 Å². The molecule has 120 valence electrons. The Bertz CT molecular complexity index is 608. The molecule has 1 aromatic rings. The molecule has 1 aromatic carbocycles. The molecule has 0 saturated heterocycles. The van der Waals surface area contributed by atoms with E-state index in [1.165, 1.54) is 0 Å². The molecular formula is C17H23NO3S. The van der Waals surface area contributed by atoms with Crippen LogP contribution in [0.5, 0.6) is 0 Å². The zero-order chi connectivity index (χ0) is 15.8. The highest BCUT2D eigenvalue weighted by molar-refractivity contribution is 7.90. The van der Waals surface area contributed by atoms with E-state index >= 15 is 0 Å². The average molecular weight is 321 g/mol. The van der Waals surface area contributed by atoms with Crippen LogP contribution in [0.15, 0.2) is 42.5 Å². The van der Waals surface area contributed by atoms with Gasteiger partial charge in [-0.1, -0.05) is 42.5 Å². The smallest absolute Gasteiger partial charge is 0.220 e. The van der Waals surface area contributed by atoms with Gasteiger partial charge in [0.05, 0.1) is 11.5 Å². The fraction of sp³-hybridized carbons (Fsp3) is 0.471. The Morgan fingerprint density at radius 2 is 2.00 bits per heavy atom. The molecule has 1 N–H and O–H groups in total. The summed E-state index contributed by atoms with van der Waals surface area (Å²) in [6.07, 6.45) is 7.25. The minimum absolute atomic E-state index is 0.0111. The van der Waals surface area contributed by atoms with Crippen LogP contribution in [0.25, 0.3) is 0 Å². The normalized spacial score (nSPS) is 17.5. The van der Waals surface area contributed by atoms with Crippen molar-refractivity contribution in [1.82, 2.24) is 5.32 Å². The fourth-order valence-corrected chi connectivity index (χ4v) is 4.02. The van der Waals surface area contributed by atoms with E-state index in [1.54, 1.807) is 0 Å². The number of rotatable bonds is 8. The number of allylic oxidation sites excluding steroid dienone is 2. The monoisotopic (exact) mass is 321 g/mol. The molecule has 1 amide bonds. The Kier molecular flexibility index (Phi) is 6.19. The molecule has 22 heavy (non-hydrogen) atoms. The van der Waals surface area contributed by atoms with Crippen LogP contribution in [0.4, 0.5) is 0 Å². The second-order valence-corrected chi connectivity index (χ2v) is 7.93. The number of sulfone groups is 1. The molecule has 0 saturated carbocycles. The van der Waals surface area contributed by atoms with Crippen LogP contribution < -0.4 is 5.32 Å². The molecule has 1 unspecified atom stereocenters. The van der Waals surface area contributed by atoms with Crippen LogP contribution in [0.2, 0.25) is 0 Å². The first-order chi connectivity index (χ1) is 10.6. The maximum absolute atomic E-state index is 12.0. The van der Waals surface area contributed by atoms with E-state index in [2.05, 4.69) is 17.5 Å². The van der Waals surface area contributed by atoms with E-state index in [0.29, 0.717) is 25.3 Å². The van der Waals surface area contributed by atoms with Crippen molar-refractivity contribution in [3.63, 3.8) is 0 Å².